The average molecular weight is 191 g/mol. The summed E-state index contributed by atoms with van der Waals surface area (Å²) in [5, 5.41) is 0. The van der Waals surface area contributed by atoms with Gasteiger partial charge in [-0.2, -0.15) is 0 Å². The fourth-order valence-electron chi connectivity index (χ4n) is 1.56. The second kappa shape index (κ2) is 4.27. The molecule has 0 aliphatic heterocycles. The first-order valence-corrected chi connectivity index (χ1v) is 5.11. The highest BCUT2D eigenvalue weighted by atomic mass is 16.1. The van der Waals surface area contributed by atoms with E-state index in [0.717, 1.165) is 18.4 Å². The molecule has 0 unspecified atom stereocenters. The fraction of sp³-hybridized carbons (Fsp3) is 0.417. The molecule has 2 rings (SSSR count). The summed E-state index contributed by atoms with van der Waals surface area (Å²) in [6, 6.07) is 9.77. The molecule has 1 aromatic rings. The molecule has 1 aliphatic carbocycles. The van der Waals surface area contributed by atoms with Crippen molar-refractivity contribution in [3.8, 4) is 0 Å². The number of carbonyl (C=O) groups excluding carboxylic acids is 1. The smallest absolute Gasteiger partial charge is 0.228 e. The molecule has 0 bridgehead atoms. The molecule has 1 saturated carbocycles. The highest BCUT2D eigenvalue weighted by Crippen LogP contribution is 2.47. The summed E-state index contributed by atoms with van der Waals surface area (Å²) in [5.41, 5.74) is 6.07. The zero-order chi connectivity index (χ0) is 10.6. The predicted molar refractivity (Wildman–Crippen MR) is 57.9 cm³/mol. The summed E-state index contributed by atoms with van der Waals surface area (Å²) >= 11 is 0. The van der Waals surface area contributed by atoms with Crippen LogP contribution in [0, 0.1) is 0 Å². The van der Waals surface area contributed by atoms with Gasteiger partial charge >= 0.3 is 0 Å². The number of benzene rings is 1. The van der Waals surface area contributed by atoms with Crippen LogP contribution in [0.1, 0.15) is 32.3 Å². The molecule has 0 spiro atoms. The van der Waals surface area contributed by atoms with Crippen molar-refractivity contribution in [3.05, 3.63) is 35.9 Å². The molecular formula is C12H17NO. The van der Waals surface area contributed by atoms with Gasteiger partial charge in [0, 0.05) is 0 Å². The third-order valence-electron chi connectivity index (χ3n) is 2.55. The maximum Gasteiger partial charge on any atom is 0.228 e. The van der Waals surface area contributed by atoms with E-state index < -0.39 is 0 Å². The number of hydrogen-bond donors (Lipinski definition) is 1. The van der Waals surface area contributed by atoms with Gasteiger partial charge in [-0.25, -0.2) is 0 Å². The highest BCUT2D eigenvalue weighted by molar-refractivity contribution is 5.89. The molecular weight excluding hydrogens is 174 g/mol. The molecule has 1 aliphatic rings. The van der Waals surface area contributed by atoms with Crippen molar-refractivity contribution in [2.24, 2.45) is 5.73 Å². The molecule has 1 amide bonds. The van der Waals surface area contributed by atoms with Gasteiger partial charge in [0.1, 0.15) is 0 Å². The molecule has 76 valence electrons. The van der Waals surface area contributed by atoms with Gasteiger partial charge in [0.2, 0.25) is 5.91 Å². The molecule has 2 N–H and O–H groups in total. The Bertz CT molecular complexity index is 301. The standard InChI is InChI=1S/C10H11NO.C2H6/c11-9(12)10(6-7-10)8-4-2-1-3-5-8;1-2/h1-5H,6-7H2,(H2,11,12);1-2H3. The van der Waals surface area contributed by atoms with Crippen LogP contribution in [0.4, 0.5) is 0 Å². The van der Waals surface area contributed by atoms with Crippen molar-refractivity contribution < 1.29 is 4.79 Å². The zero-order valence-corrected chi connectivity index (χ0v) is 8.79. The minimum absolute atomic E-state index is 0.186. The van der Waals surface area contributed by atoms with Crippen molar-refractivity contribution in [2.75, 3.05) is 0 Å². The van der Waals surface area contributed by atoms with Gasteiger partial charge in [0.25, 0.3) is 0 Å². The fourth-order valence-corrected chi connectivity index (χ4v) is 1.56. The summed E-state index contributed by atoms with van der Waals surface area (Å²) < 4.78 is 0. The Morgan fingerprint density at radius 2 is 1.71 bits per heavy atom. The first-order valence-electron chi connectivity index (χ1n) is 5.11. The normalized spacial score (nSPS) is 16.4. The van der Waals surface area contributed by atoms with Crippen LogP contribution in [0.15, 0.2) is 30.3 Å². The molecule has 2 heteroatoms. The van der Waals surface area contributed by atoms with Gasteiger partial charge in [-0.05, 0) is 18.4 Å². The summed E-state index contributed by atoms with van der Waals surface area (Å²) in [6.45, 7) is 4.00. The minimum atomic E-state index is -0.318. The lowest BCUT2D eigenvalue weighted by Crippen LogP contribution is -2.28. The van der Waals surface area contributed by atoms with Gasteiger partial charge in [-0.15, -0.1) is 0 Å². The van der Waals surface area contributed by atoms with Crippen LogP contribution in [0.3, 0.4) is 0 Å². The van der Waals surface area contributed by atoms with E-state index in [0.29, 0.717) is 0 Å². The SMILES string of the molecule is CC.NC(=O)C1(c2ccccc2)CC1. The number of carbonyl (C=O) groups is 1. The summed E-state index contributed by atoms with van der Waals surface area (Å²) in [7, 11) is 0. The number of nitrogens with two attached hydrogens (primary N) is 1. The van der Waals surface area contributed by atoms with Crippen LogP contribution >= 0.6 is 0 Å². The summed E-state index contributed by atoms with van der Waals surface area (Å²) in [6.07, 6.45) is 1.82. The Kier molecular flexibility index (Phi) is 3.28. The Morgan fingerprint density at radius 1 is 1.21 bits per heavy atom. The van der Waals surface area contributed by atoms with Crippen molar-refractivity contribution in [1.82, 2.24) is 0 Å². The number of primary amides is 1. The van der Waals surface area contributed by atoms with Gasteiger partial charge in [0.15, 0.2) is 0 Å². The Labute approximate surface area is 85.1 Å². The molecule has 2 nitrogen and oxygen atoms in total. The van der Waals surface area contributed by atoms with Crippen LogP contribution in [0.25, 0.3) is 0 Å². The van der Waals surface area contributed by atoms with Gasteiger partial charge in [-0.1, -0.05) is 44.2 Å². The van der Waals surface area contributed by atoms with Crippen LogP contribution < -0.4 is 5.73 Å². The molecule has 0 heterocycles. The third-order valence-corrected chi connectivity index (χ3v) is 2.55. The number of amides is 1. The van der Waals surface area contributed by atoms with Crippen LogP contribution in [0.2, 0.25) is 0 Å². The van der Waals surface area contributed by atoms with Gasteiger partial charge in [-0.3, -0.25) is 4.79 Å². The van der Waals surface area contributed by atoms with Crippen molar-refractivity contribution in [3.63, 3.8) is 0 Å². The van der Waals surface area contributed by atoms with E-state index in [4.69, 9.17) is 5.73 Å². The first-order chi connectivity index (χ1) is 6.76. The first kappa shape index (κ1) is 10.8. The second-order valence-corrected chi connectivity index (χ2v) is 3.31. The lowest BCUT2D eigenvalue weighted by Gasteiger charge is -2.09. The minimum Gasteiger partial charge on any atom is -0.369 e. The van der Waals surface area contributed by atoms with E-state index in [1.54, 1.807) is 0 Å². The Hall–Kier alpha value is -1.31. The molecule has 0 atom stereocenters. The molecule has 0 aromatic heterocycles. The largest absolute Gasteiger partial charge is 0.369 e. The van der Waals surface area contributed by atoms with E-state index in [-0.39, 0.29) is 11.3 Å². The highest BCUT2D eigenvalue weighted by Gasteiger charge is 2.49. The van der Waals surface area contributed by atoms with E-state index in [9.17, 15) is 4.79 Å². The number of hydrogen-bond acceptors (Lipinski definition) is 1. The topological polar surface area (TPSA) is 43.1 Å². The van der Waals surface area contributed by atoms with E-state index in [2.05, 4.69) is 0 Å². The van der Waals surface area contributed by atoms with Crippen molar-refractivity contribution >= 4 is 5.91 Å². The molecule has 14 heavy (non-hydrogen) atoms. The van der Waals surface area contributed by atoms with E-state index in [1.165, 1.54) is 0 Å². The average Bonchev–Trinajstić information content (AvgIpc) is 3.03. The van der Waals surface area contributed by atoms with Crippen LogP contribution in [0.5, 0.6) is 0 Å². The lowest BCUT2D eigenvalue weighted by molar-refractivity contribution is -0.120. The molecule has 1 fully saturated rings. The molecule has 0 saturated heterocycles. The quantitative estimate of drug-likeness (QED) is 0.765. The molecule has 1 aromatic carbocycles. The lowest BCUT2D eigenvalue weighted by atomic mass is 9.96. The monoisotopic (exact) mass is 191 g/mol. The van der Waals surface area contributed by atoms with Crippen molar-refractivity contribution in [1.29, 1.82) is 0 Å². The maximum atomic E-state index is 11.1. The maximum absolute atomic E-state index is 11.1. The Balaban J connectivity index is 0.000000461. The van der Waals surface area contributed by atoms with Gasteiger partial charge < -0.3 is 5.73 Å². The third kappa shape index (κ3) is 1.79. The van der Waals surface area contributed by atoms with Crippen LogP contribution in [-0.4, -0.2) is 5.91 Å². The second-order valence-electron chi connectivity index (χ2n) is 3.31. The summed E-state index contributed by atoms with van der Waals surface area (Å²) in [4.78, 5) is 11.1. The van der Waals surface area contributed by atoms with Crippen LogP contribution in [-0.2, 0) is 10.2 Å². The van der Waals surface area contributed by atoms with E-state index in [1.807, 2.05) is 44.2 Å². The molecule has 0 radical (unpaired) electrons. The zero-order valence-electron chi connectivity index (χ0n) is 8.79. The van der Waals surface area contributed by atoms with Crippen molar-refractivity contribution in [2.45, 2.75) is 32.1 Å². The van der Waals surface area contributed by atoms with Gasteiger partial charge in [0.05, 0.1) is 5.41 Å². The van der Waals surface area contributed by atoms with E-state index >= 15 is 0 Å². The number of rotatable bonds is 2. The predicted octanol–water partition coefficient (Wildman–Crippen LogP) is 2.23. The summed E-state index contributed by atoms with van der Waals surface area (Å²) in [5.74, 6) is -0.186. The Morgan fingerprint density at radius 3 is 2.07 bits per heavy atom.